The Labute approximate surface area is 159 Å². The number of halogens is 1. The molecule has 1 unspecified atom stereocenters. The zero-order valence-corrected chi connectivity index (χ0v) is 16.2. The van der Waals surface area contributed by atoms with E-state index in [9.17, 15) is 0 Å². The molecule has 5 nitrogen and oxygen atoms in total. The number of nitrogens with one attached hydrogen (secondary N) is 1. The van der Waals surface area contributed by atoms with E-state index in [1.807, 2.05) is 24.3 Å². The largest absolute Gasteiger partial charge is 0.493 e. The molecule has 0 amide bonds. The van der Waals surface area contributed by atoms with E-state index in [-0.39, 0.29) is 6.04 Å². The van der Waals surface area contributed by atoms with Crippen molar-refractivity contribution in [1.29, 1.82) is 0 Å². The fourth-order valence-corrected chi connectivity index (χ4v) is 3.58. The topological polar surface area (TPSA) is 43.0 Å². The van der Waals surface area contributed by atoms with Gasteiger partial charge in [0.15, 0.2) is 11.5 Å². The van der Waals surface area contributed by atoms with Crippen LogP contribution in [-0.4, -0.2) is 52.4 Å². The second-order valence-electron chi connectivity index (χ2n) is 6.20. The van der Waals surface area contributed by atoms with Crippen molar-refractivity contribution in [2.24, 2.45) is 0 Å². The van der Waals surface area contributed by atoms with Crippen LogP contribution in [-0.2, 0) is 0 Å². The lowest BCUT2D eigenvalue weighted by Gasteiger charge is -2.36. The Balaban J connectivity index is 2.10. The van der Waals surface area contributed by atoms with Crippen molar-refractivity contribution in [1.82, 2.24) is 10.2 Å². The van der Waals surface area contributed by atoms with E-state index in [4.69, 9.17) is 25.8 Å². The van der Waals surface area contributed by atoms with E-state index >= 15 is 0 Å². The van der Waals surface area contributed by atoms with E-state index in [1.165, 1.54) is 5.56 Å². The lowest BCUT2D eigenvalue weighted by atomic mass is 9.95. The molecule has 0 bridgehead atoms. The molecule has 140 valence electrons. The SMILES string of the molecule is COc1cc(C(c2ccc(Cl)cc2)N2CCNCC2)cc(OC)c1OC. The molecule has 1 aliphatic heterocycles. The number of nitrogens with zero attached hydrogens (tertiary/aromatic N) is 1. The van der Waals surface area contributed by atoms with E-state index in [0.717, 1.165) is 36.8 Å². The first-order valence-electron chi connectivity index (χ1n) is 8.68. The Kier molecular flexibility index (Phi) is 6.25. The fourth-order valence-electron chi connectivity index (χ4n) is 3.46. The van der Waals surface area contributed by atoms with Crippen molar-refractivity contribution in [2.45, 2.75) is 6.04 Å². The van der Waals surface area contributed by atoms with Gasteiger partial charge in [-0.2, -0.15) is 0 Å². The summed E-state index contributed by atoms with van der Waals surface area (Å²) in [5, 5.41) is 4.15. The maximum atomic E-state index is 6.10. The summed E-state index contributed by atoms with van der Waals surface area (Å²) in [6, 6.07) is 12.2. The second-order valence-corrected chi connectivity index (χ2v) is 6.64. The van der Waals surface area contributed by atoms with Gasteiger partial charge in [0.25, 0.3) is 0 Å². The number of hydrogen-bond acceptors (Lipinski definition) is 5. The van der Waals surface area contributed by atoms with Gasteiger partial charge in [0.05, 0.1) is 27.4 Å². The van der Waals surface area contributed by atoms with Crippen molar-refractivity contribution in [3.05, 3.63) is 52.5 Å². The van der Waals surface area contributed by atoms with Crippen molar-refractivity contribution < 1.29 is 14.2 Å². The van der Waals surface area contributed by atoms with Gasteiger partial charge in [-0.05, 0) is 35.4 Å². The van der Waals surface area contributed by atoms with Gasteiger partial charge in [0.2, 0.25) is 5.75 Å². The Bertz CT molecular complexity index is 705. The summed E-state index contributed by atoms with van der Waals surface area (Å²) in [6.45, 7) is 3.86. The molecule has 0 aliphatic carbocycles. The van der Waals surface area contributed by atoms with Crippen LogP contribution in [0.1, 0.15) is 17.2 Å². The summed E-state index contributed by atoms with van der Waals surface area (Å²) in [6.07, 6.45) is 0. The molecule has 6 heteroatoms. The Hall–Kier alpha value is -1.95. The lowest BCUT2D eigenvalue weighted by molar-refractivity contribution is 0.197. The van der Waals surface area contributed by atoms with Gasteiger partial charge < -0.3 is 19.5 Å². The predicted molar refractivity (Wildman–Crippen MR) is 104 cm³/mol. The molecule has 0 aromatic heterocycles. The maximum absolute atomic E-state index is 6.10. The van der Waals surface area contributed by atoms with Gasteiger partial charge in [-0.3, -0.25) is 4.90 Å². The van der Waals surface area contributed by atoms with Gasteiger partial charge in [-0.1, -0.05) is 23.7 Å². The van der Waals surface area contributed by atoms with E-state index in [1.54, 1.807) is 21.3 Å². The highest BCUT2D eigenvalue weighted by Gasteiger charge is 2.26. The number of ether oxygens (including phenoxy) is 3. The standard InChI is InChI=1S/C20H25ClN2O3/c1-24-17-12-15(13-18(25-2)20(17)26-3)19(23-10-8-22-9-11-23)14-4-6-16(21)7-5-14/h4-7,12-13,19,22H,8-11H2,1-3H3. The summed E-state index contributed by atoms with van der Waals surface area (Å²) < 4.78 is 16.6. The van der Waals surface area contributed by atoms with Gasteiger partial charge in [-0.15, -0.1) is 0 Å². The Morgan fingerprint density at radius 3 is 1.96 bits per heavy atom. The third-order valence-corrected chi connectivity index (χ3v) is 4.96. The Morgan fingerprint density at radius 1 is 0.885 bits per heavy atom. The van der Waals surface area contributed by atoms with Gasteiger partial charge in [0.1, 0.15) is 0 Å². The minimum atomic E-state index is 0.0862. The molecule has 1 atom stereocenters. The highest BCUT2D eigenvalue weighted by atomic mass is 35.5. The van der Waals surface area contributed by atoms with Crippen LogP contribution in [0.4, 0.5) is 0 Å². The number of piperazine rings is 1. The van der Waals surface area contributed by atoms with Crippen LogP contribution >= 0.6 is 11.6 Å². The molecule has 2 aromatic rings. The van der Waals surface area contributed by atoms with E-state index < -0.39 is 0 Å². The molecule has 1 saturated heterocycles. The quantitative estimate of drug-likeness (QED) is 0.837. The summed E-state index contributed by atoms with van der Waals surface area (Å²) in [5.41, 5.74) is 2.29. The molecule has 3 rings (SSSR count). The first-order valence-corrected chi connectivity index (χ1v) is 9.06. The summed E-state index contributed by atoms with van der Waals surface area (Å²) in [5.74, 6) is 1.93. The third kappa shape index (κ3) is 3.90. The lowest BCUT2D eigenvalue weighted by Crippen LogP contribution is -2.45. The first-order chi connectivity index (χ1) is 12.7. The van der Waals surface area contributed by atoms with E-state index in [2.05, 4.69) is 22.3 Å². The zero-order chi connectivity index (χ0) is 18.5. The van der Waals surface area contributed by atoms with Crippen LogP contribution in [0.2, 0.25) is 5.02 Å². The third-order valence-electron chi connectivity index (χ3n) is 4.71. The number of methoxy groups -OCH3 is 3. The maximum Gasteiger partial charge on any atom is 0.203 e. The molecule has 1 N–H and O–H groups in total. The summed E-state index contributed by atoms with van der Waals surface area (Å²) in [4.78, 5) is 2.46. The molecule has 1 fully saturated rings. The highest BCUT2D eigenvalue weighted by Crippen LogP contribution is 2.42. The van der Waals surface area contributed by atoms with Gasteiger partial charge in [0, 0.05) is 31.2 Å². The van der Waals surface area contributed by atoms with Crippen LogP contribution in [0.25, 0.3) is 0 Å². The average Bonchev–Trinajstić information content (AvgIpc) is 2.69. The normalized spacial score (nSPS) is 16.2. The molecule has 0 saturated carbocycles. The highest BCUT2D eigenvalue weighted by molar-refractivity contribution is 6.30. The molecule has 0 radical (unpaired) electrons. The molecule has 1 heterocycles. The Morgan fingerprint density at radius 2 is 1.46 bits per heavy atom. The van der Waals surface area contributed by atoms with Crippen LogP contribution in [0.15, 0.2) is 36.4 Å². The molecule has 1 aliphatic rings. The van der Waals surface area contributed by atoms with Gasteiger partial charge in [-0.25, -0.2) is 0 Å². The molecule has 0 spiro atoms. The predicted octanol–water partition coefficient (Wildman–Crippen LogP) is 3.36. The van der Waals surface area contributed by atoms with Crippen LogP contribution in [0, 0.1) is 0 Å². The van der Waals surface area contributed by atoms with Crippen molar-refractivity contribution in [2.75, 3.05) is 47.5 Å². The molecular weight excluding hydrogens is 352 g/mol. The van der Waals surface area contributed by atoms with Crippen molar-refractivity contribution in [3.63, 3.8) is 0 Å². The van der Waals surface area contributed by atoms with Gasteiger partial charge >= 0.3 is 0 Å². The van der Waals surface area contributed by atoms with Crippen molar-refractivity contribution >= 4 is 11.6 Å². The molecule has 26 heavy (non-hydrogen) atoms. The van der Waals surface area contributed by atoms with Crippen molar-refractivity contribution in [3.8, 4) is 17.2 Å². The number of benzene rings is 2. The number of rotatable bonds is 6. The van der Waals surface area contributed by atoms with Crippen LogP contribution < -0.4 is 19.5 Å². The fraction of sp³-hybridized carbons (Fsp3) is 0.400. The smallest absolute Gasteiger partial charge is 0.203 e. The minimum absolute atomic E-state index is 0.0862. The summed E-state index contributed by atoms with van der Waals surface area (Å²) in [7, 11) is 4.90. The zero-order valence-electron chi connectivity index (χ0n) is 15.4. The van der Waals surface area contributed by atoms with Crippen LogP contribution in [0.3, 0.4) is 0 Å². The second kappa shape index (κ2) is 8.62. The average molecular weight is 377 g/mol. The minimum Gasteiger partial charge on any atom is -0.493 e. The molecular formula is C20H25ClN2O3. The van der Waals surface area contributed by atoms with E-state index in [0.29, 0.717) is 17.2 Å². The molecule has 2 aromatic carbocycles. The summed E-state index contributed by atoms with van der Waals surface area (Å²) >= 11 is 6.10. The first kappa shape index (κ1) is 18.8. The van der Waals surface area contributed by atoms with Crippen LogP contribution in [0.5, 0.6) is 17.2 Å². The number of hydrogen-bond donors (Lipinski definition) is 1. The monoisotopic (exact) mass is 376 g/mol.